The van der Waals surface area contributed by atoms with E-state index in [9.17, 15) is 9.32 Å². The predicted molar refractivity (Wildman–Crippen MR) is 53.5 cm³/mol. The van der Waals surface area contributed by atoms with E-state index in [1.807, 2.05) is 0 Å². The molecule has 1 fully saturated rings. The zero-order valence-corrected chi connectivity index (χ0v) is 8.85. The third-order valence-corrected chi connectivity index (χ3v) is 3.32. The van der Waals surface area contributed by atoms with Crippen molar-refractivity contribution in [3.8, 4) is 0 Å². The van der Waals surface area contributed by atoms with Crippen LogP contribution in [0.5, 0.6) is 0 Å². The Morgan fingerprint density at radius 2 is 2.60 bits per heavy atom. The molecule has 2 rings (SSSR count). The molecule has 1 unspecified atom stereocenters. The number of nitrogens with zero attached hydrogens (tertiary/aromatic N) is 1. The van der Waals surface area contributed by atoms with E-state index >= 15 is 0 Å². The fraction of sp³-hybridized carbons (Fsp3) is 0.556. The first-order chi connectivity index (χ1) is 7.31. The molecule has 0 spiro atoms. The number of nitrogens with one attached hydrogen (secondary N) is 1. The summed E-state index contributed by atoms with van der Waals surface area (Å²) in [6, 6.07) is 0. The second-order valence-electron chi connectivity index (χ2n) is 3.49. The van der Waals surface area contributed by atoms with Crippen molar-refractivity contribution in [1.29, 1.82) is 0 Å². The van der Waals surface area contributed by atoms with Gasteiger partial charge in [-0.3, -0.25) is 0 Å². The summed E-state index contributed by atoms with van der Waals surface area (Å²) in [6.07, 6.45) is 2.16. The van der Waals surface area contributed by atoms with Gasteiger partial charge in [0.15, 0.2) is 0 Å². The van der Waals surface area contributed by atoms with E-state index in [0.29, 0.717) is 5.92 Å². The van der Waals surface area contributed by atoms with Crippen molar-refractivity contribution >= 4 is 17.3 Å². The number of hydrogen-bond donors (Lipinski definition) is 1. The number of piperidine rings is 1. The topological polar surface area (TPSA) is 51.2 Å². The Morgan fingerprint density at radius 1 is 1.73 bits per heavy atom. The van der Waals surface area contributed by atoms with Gasteiger partial charge in [0.05, 0.1) is 5.69 Å². The lowest BCUT2D eigenvalue weighted by Crippen LogP contribution is -2.28. The molecule has 0 bridgehead atoms. The number of thiazole rings is 1. The quantitative estimate of drug-likeness (QED) is 0.839. The Balaban J connectivity index is 2.08. The van der Waals surface area contributed by atoms with Crippen molar-refractivity contribution in [2.24, 2.45) is 0 Å². The fourth-order valence-corrected chi connectivity index (χ4v) is 2.47. The van der Waals surface area contributed by atoms with Gasteiger partial charge in [0, 0.05) is 22.4 Å². The third-order valence-electron chi connectivity index (χ3n) is 2.48. The summed E-state index contributed by atoms with van der Waals surface area (Å²) in [6.45, 7) is 1.90. The predicted octanol–water partition coefficient (Wildman–Crippen LogP) is 1.65. The molecule has 1 aliphatic rings. The van der Waals surface area contributed by atoms with Crippen LogP contribution < -0.4 is 5.32 Å². The minimum atomic E-state index is -1.00. The lowest BCUT2D eigenvalue weighted by Gasteiger charge is -2.20. The summed E-state index contributed by atoms with van der Waals surface area (Å²) in [7, 11) is 0. The Morgan fingerprint density at radius 3 is 3.27 bits per heavy atom. The lowest BCUT2D eigenvalue weighted by atomic mass is 9.97. The van der Waals surface area contributed by atoms with Crippen molar-refractivity contribution in [3.63, 3.8) is 0 Å². The molecule has 1 aliphatic heterocycles. The normalized spacial score (nSPS) is 21.3. The van der Waals surface area contributed by atoms with E-state index in [4.69, 9.17) is 0 Å². The molecule has 15 heavy (non-hydrogen) atoms. The summed E-state index contributed by atoms with van der Waals surface area (Å²) in [5.74, 6) is -0.675. The van der Waals surface area contributed by atoms with Crippen LogP contribution in [0, 0.1) is 0 Å². The van der Waals surface area contributed by atoms with E-state index in [0.717, 1.165) is 43.0 Å². The lowest BCUT2D eigenvalue weighted by molar-refractivity contribution is -0.0788. The van der Waals surface area contributed by atoms with Gasteiger partial charge in [-0.05, 0) is 19.4 Å². The fourth-order valence-electron chi connectivity index (χ4n) is 1.70. The van der Waals surface area contributed by atoms with Gasteiger partial charge in [-0.15, -0.1) is 11.3 Å². The highest BCUT2D eigenvalue weighted by atomic mass is 32.1. The van der Waals surface area contributed by atoms with Crippen LogP contribution in [0.25, 0.3) is 0 Å². The van der Waals surface area contributed by atoms with Gasteiger partial charge in [0.2, 0.25) is 5.01 Å². The number of aromatic nitrogens is 1. The van der Waals surface area contributed by atoms with Crippen LogP contribution in [0.15, 0.2) is 5.38 Å². The smallest absolute Gasteiger partial charge is 0.316 e. The summed E-state index contributed by atoms with van der Waals surface area (Å²) in [5.41, 5.74) is 0.854. The van der Waals surface area contributed by atoms with Crippen LogP contribution in [0.1, 0.15) is 34.3 Å². The molecule has 1 aromatic rings. The van der Waals surface area contributed by atoms with Gasteiger partial charge in [0.1, 0.15) is 0 Å². The molecule has 0 aliphatic carbocycles. The molecular weight excluding hydrogens is 219 g/mol. The van der Waals surface area contributed by atoms with E-state index in [-0.39, 0.29) is 5.01 Å². The number of carbonyl (C=O) groups is 1. The van der Waals surface area contributed by atoms with Gasteiger partial charge in [0.25, 0.3) is 0 Å². The van der Waals surface area contributed by atoms with Crippen LogP contribution in [0.2, 0.25) is 0 Å². The van der Waals surface area contributed by atoms with Gasteiger partial charge in [-0.1, -0.05) is 0 Å². The van der Waals surface area contributed by atoms with Crippen LogP contribution in [0.3, 0.4) is 0 Å². The molecule has 0 aromatic carbocycles. The standard InChI is InChI=1S/C9H11FN2O2S/c10-14-9(13)8-12-7(5-15-8)6-2-1-3-11-4-6/h5-6,11H,1-4H2. The maximum atomic E-state index is 11.6. The van der Waals surface area contributed by atoms with Crippen molar-refractivity contribution in [2.45, 2.75) is 18.8 Å². The minimum absolute atomic E-state index is 0.0815. The molecule has 1 saturated heterocycles. The van der Waals surface area contributed by atoms with Crippen molar-refractivity contribution in [3.05, 3.63) is 16.1 Å². The first kappa shape index (κ1) is 10.5. The molecule has 1 aromatic heterocycles. The Hall–Kier alpha value is -1.01. The highest BCUT2D eigenvalue weighted by molar-refractivity contribution is 7.11. The zero-order valence-electron chi connectivity index (χ0n) is 8.03. The van der Waals surface area contributed by atoms with Crippen molar-refractivity contribution in [2.75, 3.05) is 13.1 Å². The molecule has 82 valence electrons. The number of hydrogen-bond acceptors (Lipinski definition) is 5. The highest BCUT2D eigenvalue weighted by Crippen LogP contribution is 2.24. The number of rotatable bonds is 2. The molecule has 1 atom stereocenters. The molecule has 4 nitrogen and oxygen atoms in total. The maximum absolute atomic E-state index is 11.6. The Bertz CT molecular complexity index is 350. The average molecular weight is 230 g/mol. The summed E-state index contributed by atoms with van der Waals surface area (Å²) >= 11 is 1.12. The van der Waals surface area contributed by atoms with E-state index in [1.54, 1.807) is 5.38 Å². The maximum Gasteiger partial charge on any atom is 0.407 e. The minimum Gasteiger partial charge on any atom is -0.316 e. The van der Waals surface area contributed by atoms with Crippen LogP contribution >= 0.6 is 11.3 Å². The first-order valence-electron chi connectivity index (χ1n) is 4.80. The largest absolute Gasteiger partial charge is 0.407 e. The molecule has 2 heterocycles. The highest BCUT2D eigenvalue weighted by Gasteiger charge is 2.20. The second-order valence-corrected chi connectivity index (χ2v) is 4.34. The van der Waals surface area contributed by atoms with Gasteiger partial charge in [-0.25, -0.2) is 14.7 Å². The van der Waals surface area contributed by atoms with Crippen LogP contribution in [-0.2, 0) is 4.94 Å². The third kappa shape index (κ3) is 2.32. The Kier molecular flexibility index (Phi) is 3.27. The number of carbonyl (C=O) groups excluding carboxylic acids is 1. The summed E-state index contributed by atoms with van der Waals surface area (Å²) in [5, 5.41) is 5.14. The van der Waals surface area contributed by atoms with Crippen LogP contribution in [0.4, 0.5) is 4.53 Å². The average Bonchev–Trinajstić information content (AvgIpc) is 2.78. The van der Waals surface area contributed by atoms with Gasteiger partial charge < -0.3 is 5.32 Å². The van der Waals surface area contributed by atoms with E-state index < -0.39 is 5.97 Å². The van der Waals surface area contributed by atoms with Gasteiger partial charge in [-0.2, -0.15) is 0 Å². The summed E-state index contributed by atoms with van der Waals surface area (Å²) < 4.78 is 11.6. The SMILES string of the molecule is O=C(OF)c1nc(C2CCCNC2)cs1. The molecule has 1 N–H and O–H groups in total. The second kappa shape index (κ2) is 4.67. The molecule has 6 heteroatoms. The van der Waals surface area contributed by atoms with E-state index in [2.05, 4.69) is 15.2 Å². The van der Waals surface area contributed by atoms with Crippen molar-refractivity contribution < 1.29 is 14.3 Å². The van der Waals surface area contributed by atoms with Crippen molar-refractivity contribution in [1.82, 2.24) is 10.3 Å². The zero-order chi connectivity index (χ0) is 10.7. The van der Waals surface area contributed by atoms with E-state index in [1.165, 1.54) is 0 Å². The molecule has 0 amide bonds. The molecule has 0 radical (unpaired) electrons. The summed E-state index contributed by atoms with van der Waals surface area (Å²) in [4.78, 5) is 18.0. The Labute approximate surface area is 90.4 Å². The molecule has 0 saturated carbocycles. The number of halogens is 1. The first-order valence-corrected chi connectivity index (χ1v) is 5.68. The molecular formula is C9H11FN2O2S. The monoisotopic (exact) mass is 230 g/mol. The van der Waals surface area contributed by atoms with Gasteiger partial charge >= 0.3 is 5.97 Å². The van der Waals surface area contributed by atoms with Crippen LogP contribution in [-0.4, -0.2) is 24.0 Å².